The second kappa shape index (κ2) is 9.02. The first-order valence-electron chi connectivity index (χ1n) is 10.1. The second-order valence-electron chi connectivity index (χ2n) is 7.58. The monoisotopic (exact) mass is 563 g/mol. The molecule has 0 atom stereocenters. The summed E-state index contributed by atoms with van der Waals surface area (Å²) >= 11 is 9.70. The van der Waals surface area contributed by atoms with E-state index in [-0.39, 0.29) is 5.58 Å². The standard InChI is InChI=1S/C26H12BrClF5NO/c27-14-9-15(28)11-18(10-14)34(16-4-2-1-3-5-16)17-7-6-13-8-20(35-19(13)12-17)21-22(29)24(31)26(33)25(32)23(21)30/h1-12H. The molecule has 0 aliphatic heterocycles. The van der Waals surface area contributed by atoms with E-state index in [2.05, 4.69) is 15.9 Å². The number of hydrogen-bond acceptors (Lipinski definition) is 2. The molecule has 5 rings (SSSR count). The maximum Gasteiger partial charge on any atom is 0.200 e. The smallest absolute Gasteiger partial charge is 0.200 e. The van der Waals surface area contributed by atoms with Crippen molar-refractivity contribution in [3.05, 3.63) is 111 Å². The summed E-state index contributed by atoms with van der Waals surface area (Å²) in [7, 11) is 0. The molecule has 0 amide bonds. The third-order valence-electron chi connectivity index (χ3n) is 5.34. The van der Waals surface area contributed by atoms with Crippen molar-refractivity contribution in [2.75, 3.05) is 4.90 Å². The number of para-hydroxylation sites is 1. The Balaban J connectivity index is 1.68. The Kier molecular flexibility index (Phi) is 6.02. The number of benzene rings is 4. The van der Waals surface area contributed by atoms with E-state index in [1.54, 1.807) is 30.3 Å². The number of nitrogens with zero attached hydrogens (tertiary/aromatic N) is 1. The summed E-state index contributed by atoms with van der Waals surface area (Å²) in [5, 5.41) is 0.899. The van der Waals surface area contributed by atoms with Crippen molar-refractivity contribution >= 4 is 55.6 Å². The Morgan fingerprint density at radius 2 is 1.31 bits per heavy atom. The maximum atomic E-state index is 14.3. The Morgan fingerprint density at radius 1 is 0.657 bits per heavy atom. The Morgan fingerprint density at radius 3 is 1.97 bits per heavy atom. The molecular formula is C26H12BrClF5NO. The minimum Gasteiger partial charge on any atom is -0.456 e. The third kappa shape index (κ3) is 4.17. The molecule has 0 aliphatic rings. The number of fused-ring (bicyclic) bond motifs is 1. The lowest BCUT2D eigenvalue weighted by Gasteiger charge is -2.25. The Bertz CT molecular complexity index is 1540. The summed E-state index contributed by atoms with van der Waals surface area (Å²) in [6, 6.07) is 20.9. The van der Waals surface area contributed by atoms with Crippen LogP contribution in [0.25, 0.3) is 22.3 Å². The van der Waals surface area contributed by atoms with Gasteiger partial charge in [0.15, 0.2) is 23.3 Å². The highest BCUT2D eigenvalue weighted by Crippen LogP contribution is 2.40. The van der Waals surface area contributed by atoms with Crippen LogP contribution in [-0.4, -0.2) is 0 Å². The van der Waals surface area contributed by atoms with E-state index < -0.39 is 40.4 Å². The first-order chi connectivity index (χ1) is 16.7. The van der Waals surface area contributed by atoms with Crippen LogP contribution >= 0.6 is 27.5 Å². The van der Waals surface area contributed by atoms with Crippen LogP contribution in [0.15, 0.2) is 81.7 Å². The van der Waals surface area contributed by atoms with E-state index >= 15 is 0 Å². The zero-order valence-corrected chi connectivity index (χ0v) is 19.8. The number of rotatable bonds is 4. The lowest BCUT2D eigenvalue weighted by molar-refractivity contribution is 0.379. The Labute approximate surface area is 209 Å². The molecule has 9 heteroatoms. The molecule has 0 radical (unpaired) electrons. The highest BCUT2D eigenvalue weighted by Gasteiger charge is 2.28. The predicted molar refractivity (Wildman–Crippen MR) is 129 cm³/mol. The molecule has 0 N–H and O–H groups in total. The average molecular weight is 565 g/mol. The van der Waals surface area contributed by atoms with Gasteiger partial charge in [0, 0.05) is 38.0 Å². The van der Waals surface area contributed by atoms with Crippen molar-refractivity contribution in [3.8, 4) is 11.3 Å². The van der Waals surface area contributed by atoms with Crippen molar-refractivity contribution in [3.63, 3.8) is 0 Å². The van der Waals surface area contributed by atoms with E-state index in [0.717, 1.165) is 10.2 Å². The summed E-state index contributed by atoms with van der Waals surface area (Å²) < 4.78 is 75.9. The van der Waals surface area contributed by atoms with E-state index in [0.29, 0.717) is 21.8 Å². The van der Waals surface area contributed by atoms with Crippen LogP contribution < -0.4 is 4.90 Å². The van der Waals surface area contributed by atoms with E-state index in [1.165, 1.54) is 6.07 Å². The SMILES string of the molecule is Fc1c(F)c(F)c(-c2cc3ccc(N(c4ccccc4)c4cc(Cl)cc(Br)c4)cc3o2)c(F)c1F. The zero-order valence-electron chi connectivity index (χ0n) is 17.4. The molecule has 0 spiro atoms. The van der Waals surface area contributed by atoms with Crippen molar-refractivity contribution in [2.45, 2.75) is 0 Å². The van der Waals surface area contributed by atoms with Crippen LogP contribution in [0.3, 0.4) is 0 Å². The highest BCUT2D eigenvalue weighted by molar-refractivity contribution is 9.10. The van der Waals surface area contributed by atoms with Crippen LogP contribution in [-0.2, 0) is 0 Å². The summed E-state index contributed by atoms with van der Waals surface area (Å²) in [5.41, 5.74) is 1.16. The van der Waals surface area contributed by atoms with Gasteiger partial charge < -0.3 is 9.32 Å². The molecule has 0 fully saturated rings. The van der Waals surface area contributed by atoms with Crippen molar-refractivity contribution in [1.29, 1.82) is 0 Å². The van der Waals surface area contributed by atoms with Crippen molar-refractivity contribution < 1.29 is 26.4 Å². The molecule has 0 saturated carbocycles. The minimum atomic E-state index is -2.23. The molecule has 1 aromatic heterocycles. The predicted octanol–water partition coefficient (Wildman–Crippen LogP) is 9.68. The fourth-order valence-corrected chi connectivity index (χ4v) is 4.64. The summed E-state index contributed by atoms with van der Waals surface area (Å²) in [5.74, 6) is -10.7. The van der Waals surface area contributed by atoms with Crippen LogP contribution in [0.2, 0.25) is 5.02 Å². The minimum absolute atomic E-state index is 0.184. The molecule has 35 heavy (non-hydrogen) atoms. The van der Waals surface area contributed by atoms with E-state index in [9.17, 15) is 22.0 Å². The van der Waals surface area contributed by atoms with E-state index in [1.807, 2.05) is 41.3 Å². The molecule has 176 valence electrons. The zero-order chi connectivity index (χ0) is 24.9. The van der Waals surface area contributed by atoms with Crippen LogP contribution in [0, 0.1) is 29.1 Å². The number of anilines is 3. The quantitative estimate of drug-likeness (QED) is 0.123. The average Bonchev–Trinajstić information content (AvgIpc) is 3.25. The highest BCUT2D eigenvalue weighted by atomic mass is 79.9. The van der Waals surface area contributed by atoms with Gasteiger partial charge in [-0.25, -0.2) is 22.0 Å². The topological polar surface area (TPSA) is 16.4 Å². The number of furan rings is 1. The molecule has 4 aromatic carbocycles. The van der Waals surface area contributed by atoms with Gasteiger partial charge in [-0.05, 0) is 48.5 Å². The molecule has 1 heterocycles. The van der Waals surface area contributed by atoms with Gasteiger partial charge >= 0.3 is 0 Å². The fourth-order valence-electron chi connectivity index (χ4n) is 3.80. The fraction of sp³-hybridized carbons (Fsp3) is 0. The van der Waals surface area contributed by atoms with Gasteiger partial charge in [-0.1, -0.05) is 45.7 Å². The van der Waals surface area contributed by atoms with Crippen molar-refractivity contribution in [2.24, 2.45) is 0 Å². The molecular weight excluding hydrogens is 553 g/mol. The summed E-state index contributed by atoms with van der Waals surface area (Å²) in [4.78, 5) is 1.87. The molecule has 0 saturated heterocycles. The van der Waals surface area contributed by atoms with Gasteiger partial charge in [-0.2, -0.15) is 0 Å². The van der Waals surface area contributed by atoms with Gasteiger partial charge in [-0.15, -0.1) is 0 Å². The van der Waals surface area contributed by atoms with Gasteiger partial charge in [0.05, 0.1) is 5.56 Å². The number of hydrogen-bond donors (Lipinski definition) is 0. The maximum absolute atomic E-state index is 14.3. The summed E-state index contributed by atoms with van der Waals surface area (Å²) in [6.07, 6.45) is 0. The van der Waals surface area contributed by atoms with E-state index in [4.69, 9.17) is 16.0 Å². The van der Waals surface area contributed by atoms with Crippen LogP contribution in [0.4, 0.5) is 39.0 Å². The molecule has 5 aromatic rings. The van der Waals surface area contributed by atoms with Crippen molar-refractivity contribution in [1.82, 2.24) is 0 Å². The van der Waals surface area contributed by atoms with Crippen LogP contribution in [0.5, 0.6) is 0 Å². The third-order valence-corrected chi connectivity index (χ3v) is 6.01. The van der Waals surface area contributed by atoms with Gasteiger partial charge in [0.2, 0.25) is 5.82 Å². The van der Waals surface area contributed by atoms with Gasteiger partial charge in [0.25, 0.3) is 0 Å². The second-order valence-corrected chi connectivity index (χ2v) is 8.93. The lowest BCUT2D eigenvalue weighted by Crippen LogP contribution is -2.09. The molecule has 0 unspecified atom stereocenters. The molecule has 2 nitrogen and oxygen atoms in total. The Hall–Kier alpha value is -3.36. The normalized spacial score (nSPS) is 11.3. The summed E-state index contributed by atoms with van der Waals surface area (Å²) in [6.45, 7) is 0. The largest absolute Gasteiger partial charge is 0.456 e. The van der Waals surface area contributed by atoms with Gasteiger partial charge in [-0.3, -0.25) is 0 Å². The number of halogens is 7. The van der Waals surface area contributed by atoms with Crippen LogP contribution in [0.1, 0.15) is 0 Å². The first-order valence-corrected chi connectivity index (χ1v) is 11.3. The van der Waals surface area contributed by atoms with Gasteiger partial charge in [0.1, 0.15) is 11.3 Å². The molecule has 0 bridgehead atoms. The lowest BCUT2D eigenvalue weighted by atomic mass is 10.1. The molecule has 0 aliphatic carbocycles. The first kappa shape index (κ1) is 23.4.